The van der Waals surface area contributed by atoms with E-state index in [1.165, 1.54) is 54.4 Å². The minimum Gasteiger partial charge on any atom is -0.472 e. The van der Waals surface area contributed by atoms with E-state index in [1.807, 2.05) is 0 Å². The highest BCUT2D eigenvalue weighted by atomic mass is 19.3. The van der Waals surface area contributed by atoms with Gasteiger partial charge in [-0.1, -0.05) is 6.07 Å². The van der Waals surface area contributed by atoms with Crippen molar-refractivity contribution in [3.63, 3.8) is 0 Å². The SMILES string of the molecule is CN(C(=O)c1cccc(OCC(F)F)n1)c1ccc([N+](=O)[O-])cc1. The number of nitro benzene ring substituents is 1. The van der Waals surface area contributed by atoms with Crippen LogP contribution in [0.2, 0.25) is 0 Å². The fourth-order valence-corrected chi connectivity index (χ4v) is 1.85. The van der Waals surface area contributed by atoms with Gasteiger partial charge in [0.05, 0.1) is 4.92 Å². The zero-order valence-electron chi connectivity index (χ0n) is 12.6. The smallest absolute Gasteiger partial charge is 0.276 e. The fourth-order valence-electron chi connectivity index (χ4n) is 1.85. The third-order valence-corrected chi connectivity index (χ3v) is 3.05. The van der Waals surface area contributed by atoms with Crippen molar-refractivity contribution in [2.24, 2.45) is 0 Å². The molecule has 2 rings (SSSR count). The Morgan fingerprint density at radius 3 is 2.54 bits per heavy atom. The van der Waals surface area contributed by atoms with Crippen LogP contribution in [0.3, 0.4) is 0 Å². The van der Waals surface area contributed by atoms with Crippen molar-refractivity contribution in [3.8, 4) is 5.88 Å². The van der Waals surface area contributed by atoms with E-state index in [-0.39, 0.29) is 17.3 Å². The van der Waals surface area contributed by atoms with Crippen LogP contribution in [0, 0.1) is 10.1 Å². The highest BCUT2D eigenvalue weighted by Crippen LogP contribution is 2.20. The van der Waals surface area contributed by atoms with E-state index in [2.05, 4.69) is 4.98 Å². The van der Waals surface area contributed by atoms with Gasteiger partial charge in [-0.3, -0.25) is 14.9 Å². The highest BCUT2D eigenvalue weighted by molar-refractivity contribution is 6.04. The Morgan fingerprint density at radius 1 is 1.29 bits per heavy atom. The highest BCUT2D eigenvalue weighted by Gasteiger charge is 2.17. The van der Waals surface area contributed by atoms with Crippen molar-refractivity contribution in [2.45, 2.75) is 6.43 Å². The molecular formula is C15H13F2N3O4. The van der Waals surface area contributed by atoms with E-state index in [0.717, 1.165) is 0 Å². The molecule has 0 atom stereocenters. The van der Waals surface area contributed by atoms with Crippen LogP contribution < -0.4 is 9.64 Å². The molecule has 0 bridgehead atoms. The summed E-state index contributed by atoms with van der Waals surface area (Å²) in [5.41, 5.74) is 0.328. The van der Waals surface area contributed by atoms with Crippen molar-refractivity contribution >= 4 is 17.3 Å². The summed E-state index contributed by atoms with van der Waals surface area (Å²) < 4.78 is 29.1. The molecule has 0 spiro atoms. The summed E-state index contributed by atoms with van der Waals surface area (Å²) >= 11 is 0. The van der Waals surface area contributed by atoms with Crippen LogP contribution in [0.15, 0.2) is 42.5 Å². The lowest BCUT2D eigenvalue weighted by Gasteiger charge is -2.17. The number of non-ortho nitro benzene ring substituents is 1. The molecule has 126 valence electrons. The lowest BCUT2D eigenvalue weighted by atomic mass is 10.2. The summed E-state index contributed by atoms with van der Waals surface area (Å²) in [5, 5.41) is 10.6. The van der Waals surface area contributed by atoms with Crippen molar-refractivity contribution < 1.29 is 23.2 Å². The molecule has 2 aromatic rings. The zero-order chi connectivity index (χ0) is 17.7. The predicted octanol–water partition coefficient (Wildman–Crippen LogP) is 2.91. The maximum absolute atomic E-state index is 12.4. The van der Waals surface area contributed by atoms with Gasteiger partial charge in [-0.15, -0.1) is 0 Å². The summed E-state index contributed by atoms with van der Waals surface area (Å²) in [6.45, 7) is -0.817. The molecule has 9 heteroatoms. The molecule has 1 aromatic heterocycles. The second kappa shape index (κ2) is 7.44. The molecule has 24 heavy (non-hydrogen) atoms. The Labute approximate surface area is 135 Å². The van der Waals surface area contributed by atoms with E-state index >= 15 is 0 Å². The molecule has 0 radical (unpaired) electrons. The Balaban J connectivity index is 2.15. The normalized spacial score (nSPS) is 10.5. The van der Waals surface area contributed by atoms with E-state index in [4.69, 9.17) is 4.74 Å². The molecule has 1 heterocycles. The van der Waals surface area contributed by atoms with Gasteiger partial charge in [0.15, 0.2) is 6.61 Å². The number of halogens is 2. The van der Waals surface area contributed by atoms with Crippen LogP contribution in [0.1, 0.15) is 10.5 Å². The lowest BCUT2D eigenvalue weighted by Crippen LogP contribution is -2.27. The first kappa shape index (κ1) is 17.3. The summed E-state index contributed by atoms with van der Waals surface area (Å²) in [5.74, 6) is -0.593. The van der Waals surface area contributed by atoms with Crippen LogP contribution >= 0.6 is 0 Å². The standard InChI is InChI=1S/C15H13F2N3O4/c1-19(10-5-7-11(8-6-10)20(22)23)15(21)12-3-2-4-14(18-12)24-9-13(16)17/h2-8,13H,9H2,1H3. The van der Waals surface area contributed by atoms with Gasteiger partial charge >= 0.3 is 0 Å². The fraction of sp³-hybridized carbons (Fsp3) is 0.200. The molecule has 0 aliphatic carbocycles. The number of amides is 1. The Kier molecular flexibility index (Phi) is 5.35. The third kappa shape index (κ3) is 4.22. The van der Waals surface area contributed by atoms with Crippen molar-refractivity contribution in [1.29, 1.82) is 0 Å². The maximum Gasteiger partial charge on any atom is 0.276 e. The first-order valence-electron chi connectivity index (χ1n) is 6.79. The number of benzene rings is 1. The van der Waals surface area contributed by atoms with Crippen molar-refractivity contribution in [3.05, 3.63) is 58.3 Å². The number of hydrogen-bond acceptors (Lipinski definition) is 5. The van der Waals surface area contributed by atoms with Gasteiger partial charge in [0.1, 0.15) is 5.69 Å². The largest absolute Gasteiger partial charge is 0.472 e. The van der Waals surface area contributed by atoms with Crippen LogP contribution in [0.5, 0.6) is 5.88 Å². The van der Waals surface area contributed by atoms with Gasteiger partial charge in [-0.2, -0.15) is 0 Å². The number of hydrogen-bond donors (Lipinski definition) is 0. The number of nitrogens with zero attached hydrogens (tertiary/aromatic N) is 3. The van der Waals surface area contributed by atoms with Crippen LogP contribution in [-0.4, -0.2) is 35.9 Å². The molecule has 1 aromatic carbocycles. The van der Waals surface area contributed by atoms with Gasteiger partial charge < -0.3 is 9.64 Å². The van der Waals surface area contributed by atoms with Crippen molar-refractivity contribution in [2.75, 3.05) is 18.6 Å². The summed E-state index contributed by atoms with van der Waals surface area (Å²) in [4.78, 5) is 27.6. The topological polar surface area (TPSA) is 85.6 Å². The van der Waals surface area contributed by atoms with Crippen LogP contribution in [0.25, 0.3) is 0 Å². The molecule has 1 amide bonds. The molecule has 7 nitrogen and oxygen atoms in total. The molecular weight excluding hydrogens is 324 g/mol. The number of pyridine rings is 1. The zero-order valence-corrected chi connectivity index (χ0v) is 12.6. The first-order chi connectivity index (χ1) is 11.4. The van der Waals surface area contributed by atoms with E-state index < -0.39 is 23.9 Å². The number of carbonyl (C=O) groups excluding carboxylic acids is 1. The van der Waals surface area contributed by atoms with E-state index in [9.17, 15) is 23.7 Å². The lowest BCUT2D eigenvalue weighted by molar-refractivity contribution is -0.384. The average Bonchev–Trinajstić information content (AvgIpc) is 2.59. The van der Waals surface area contributed by atoms with Gasteiger partial charge in [-0.05, 0) is 18.2 Å². The Morgan fingerprint density at radius 2 is 1.96 bits per heavy atom. The molecule has 0 aliphatic heterocycles. The second-order valence-electron chi connectivity index (χ2n) is 4.70. The van der Waals surface area contributed by atoms with Gasteiger partial charge in [0.2, 0.25) is 5.88 Å². The molecule has 0 fully saturated rings. The summed E-state index contributed by atoms with van der Waals surface area (Å²) in [7, 11) is 1.47. The van der Waals surface area contributed by atoms with Crippen LogP contribution in [0.4, 0.5) is 20.2 Å². The predicted molar refractivity (Wildman–Crippen MR) is 81.6 cm³/mol. The first-order valence-corrected chi connectivity index (χ1v) is 6.79. The summed E-state index contributed by atoms with van der Waals surface area (Å²) in [6.07, 6.45) is -2.64. The molecule has 0 N–H and O–H groups in total. The Bertz CT molecular complexity index is 738. The molecule has 0 saturated heterocycles. The minimum absolute atomic E-state index is 0.00243. The minimum atomic E-state index is -2.64. The van der Waals surface area contributed by atoms with E-state index in [1.54, 1.807) is 0 Å². The average molecular weight is 337 g/mol. The number of rotatable bonds is 6. The second-order valence-corrected chi connectivity index (χ2v) is 4.70. The molecule has 0 aliphatic rings. The van der Waals surface area contributed by atoms with Gasteiger partial charge in [-0.25, -0.2) is 13.8 Å². The number of anilines is 1. The maximum atomic E-state index is 12.4. The number of aromatic nitrogens is 1. The number of ether oxygens (including phenoxy) is 1. The number of carbonyl (C=O) groups is 1. The monoisotopic (exact) mass is 337 g/mol. The third-order valence-electron chi connectivity index (χ3n) is 3.05. The van der Waals surface area contributed by atoms with Gasteiger partial charge in [0.25, 0.3) is 18.0 Å². The van der Waals surface area contributed by atoms with Crippen molar-refractivity contribution in [1.82, 2.24) is 4.98 Å². The van der Waals surface area contributed by atoms with Gasteiger partial charge in [0, 0.05) is 30.9 Å². The molecule has 0 saturated carbocycles. The molecule has 0 unspecified atom stereocenters. The number of alkyl halides is 2. The van der Waals surface area contributed by atoms with Crippen LogP contribution in [-0.2, 0) is 0 Å². The van der Waals surface area contributed by atoms with E-state index in [0.29, 0.717) is 5.69 Å². The summed E-state index contributed by atoms with van der Waals surface area (Å²) in [6, 6.07) is 9.64. The Hall–Kier alpha value is -3.10. The number of nitro groups is 1. The quantitative estimate of drug-likeness (QED) is 0.597.